The number of nitrogens with zero attached hydrogens (tertiary/aromatic N) is 2. The number of halogens is 4. The Bertz CT molecular complexity index is 1070. The van der Waals surface area contributed by atoms with Crippen molar-refractivity contribution < 1.29 is 17.6 Å². The second kappa shape index (κ2) is 7.91. The van der Waals surface area contributed by atoms with Crippen LogP contribution >= 0.6 is 0 Å². The first-order chi connectivity index (χ1) is 14.0. The van der Waals surface area contributed by atoms with Gasteiger partial charge in [-0.15, -0.1) is 0 Å². The van der Waals surface area contributed by atoms with Crippen molar-refractivity contribution in [2.75, 3.05) is 5.01 Å². The molecule has 0 spiro atoms. The molecule has 0 fully saturated rings. The van der Waals surface area contributed by atoms with Crippen LogP contribution in [0.4, 0.5) is 23.2 Å². The molecule has 0 saturated carbocycles. The summed E-state index contributed by atoms with van der Waals surface area (Å²) in [5.41, 5.74) is 2.33. The monoisotopic (exact) mass is 396 g/mol. The lowest BCUT2D eigenvalue weighted by atomic mass is 10.0. The fourth-order valence-corrected chi connectivity index (χ4v) is 3.23. The molecule has 0 N–H and O–H groups in total. The van der Waals surface area contributed by atoms with Crippen LogP contribution in [0.3, 0.4) is 0 Å². The predicted octanol–water partition coefficient (Wildman–Crippen LogP) is 6.26. The Hall–Kier alpha value is -3.41. The topological polar surface area (TPSA) is 15.6 Å². The Morgan fingerprint density at radius 2 is 1.38 bits per heavy atom. The van der Waals surface area contributed by atoms with Crippen LogP contribution in [0.15, 0.2) is 77.9 Å². The maximum absolute atomic E-state index is 14.4. The van der Waals surface area contributed by atoms with Crippen LogP contribution in [0.2, 0.25) is 0 Å². The third kappa shape index (κ3) is 4.21. The molecule has 29 heavy (non-hydrogen) atoms. The molecule has 0 saturated heterocycles. The summed E-state index contributed by atoms with van der Waals surface area (Å²) in [7, 11) is 0. The third-order valence-corrected chi connectivity index (χ3v) is 4.68. The van der Waals surface area contributed by atoms with Crippen molar-refractivity contribution in [2.24, 2.45) is 5.10 Å². The lowest BCUT2D eigenvalue weighted by Gasteiger charge is -2.24. The van der Waals surface area contributed by atoms with Crippen molar-refractivity contribution in [3.63, 3.8) is 0 Å². The first-order valence-electron chi connectivity index (χ1n) is 9.00. The molecule has 146 valence electrons. The first kappa shape index (κ1) is 18.9. The molecule has 0 bridgehead atoms. The Kier molecular flexibility index (Phi) is 5.16. The fraction of sp³-hybridized carbons (Fsp3) is 0.0870. The van der Waals surface area contributed by atoms with Crippen LogP contribution in [0.5, 0.6) is 0 Å². The fourth-order valence-electron chi connectivity index (χ4n) is 3.23. The van der Waals surface area contributed by atoms with E-state index in [1.54, 1.807) is 36.4 Å². The van der Waals surface area contributed by atoms with Crippen LogP contribution in [-0.2, 0) is 0 Å². The molecule has 4 rings (SSSR count). The van der Waals surface area contributed by atoms with E-state index in [0.717, 1.165) is 17.2 Å². The summed E-state index contributed by atoms with van der Waals surface area (Å²) in [6.45, 7) is 0. The summed E-state index contributed by atoms with van der Waals surface area (Å²) in [4.78, 5) is 0. The number of hydrazone groups is 1. The smallest absolute Gasteiger partial charge is 0.151 e. The number of hydrogen-bond acceptors (Lipinski definition) is 2. The van der Waals surface area contributed by atoms with Gasteiger partial charge in [-0.1, -0.05) is 30.3 Å². The van der Waals surface area contributed by atoms with Gasteiger partial charge >= 0.3 is 0 Å². The van der Waals surface area contributed by atoms with E-state index < -0.39 is 11.6 Å². The SMILES string of the molecule is Fc1ccc(/C=C\C2=NN(c3ccc(F)cc3F)[C@@H](c3ccc(F)cc3)C2)cc1. The Morgan fingerprint density at radius 3 is 2.03 bits per heavy atom. The van der Waals surface area contributed by atoms with E-state index >= 15 is 0 Å². The molecule has 6 heteroatoms. The van der Waals surface area contributed by atoms with Gasteiger partial charge < -0.3 is 0 Å². The second-order valence-corrected chi connectivity index (χ2v) is 6.69. The van der Waals surface area contributed by atoms with E-state index in [4.69, 9.17) is 0 Å². The van der Waals surface area contributed by atoms with Crippen molar-refractivity contribution >= 4 is 17.5 Å². The van der Waals surface area contributed by atoms with Crippen molar-refractivity contribution in [2.45, 2.75) is 12.5 Å². The highest BCUT2D eigenvalue weighted by molar-refractivity contribution is 6.01. The van der Waals surface area contributed by atoms with Gasteiger partial charge in [-0.25, -0.2) is 17.6 Å². The zero-order valence-corrected chi connectivity index (χ0v) is 15.2. The lowest BCUT2D eigenvalue weighted by Crippen LogP contribution is -2.19. The average Bonchev–Trinajstić information content (AvgIpc) is 3.12. The molecular formula is C23H16F4N2. The molecule has 0 aliphatic carbocycles. The summed E-state index contributed by atoms with van der Waals surface area (Å²) in [6, 6.07) is 14.8. The minimum Gasteiger partial charge on any atom is -0.254 e. The van der Waals surface area contributed by atoms with Gasteiger partial charge in [-0.2, -0.15) is 5.10 Å². The molecule has 3 aromatic rings. The van der Waals surface area contributed by atoms with Crippen molar-refractivity contribution in [3.8, 4) is 0 Å². The predicted molar refractivity (Wildman–Crippen MR) is 105 cm³/mol. The van der Waals surface area contributed by atoms with E-state index in [1.165, 1.54) is 41.4 Å². The van der Waals surface area contributed by atoms with Gasteiger partial charge in [0.15, 0.2) is 5.82 Å². The maximum Gasteiger partial charge on any atom is 0.151 e. The number of anilines is 1. The van der Waals surface area contributed by atoms with Crippen molar-refractivity contribution in [1.82, 2.24) is 0 Å². The summed E-state index contributed by atoms with van der Waals surface area (Å²) >= 11 is 0. The highest BCUT2D eigenvalue weighted by atomic mass is 19.1. The van der Waals surface area contributed by atoms with Crippen molar-refractivity contribution in [3.05, 3.63) is 107 Å². The second-order valence-electron chi connectivity index (χ2n) is 6.69. The van der Waals surface area contributed by atoms with E-state index in [1.807, 2.05) is 0 Å². The molecule has 1 aliphatic heterocycles. The number of rotatable bonds is 4. The van der Waals surface area contributed by atoms with E-state index in [-0.39, 0.29) is 23.4 Å². The Labute approximate surface area is 165 Å². The zero-order chi connectivity index (χ0) is 20.4. The lowest BCUT2D eigenvalue weighted by molar-refractivity contribution is 0.572. The summed E-state index contributed by atoms with van der Waals surface area (Å²) in [6.07, 6.45) is 4.00. The standard InChI is InChI=1S/C23H16F4N2/c24-17-6-1-15(2-7-17)3-11-20-14-23(16-4-8-18(25)9-5-16)29(28-20)22-12-10-19(26)13-21(22)27/h1-13,23H,14H2/b11-3-/t23-/m1/s1. The van der Waals surface area contributed by atoms with Gasteiger partial charge in [0.2, 0.25) is 0 Å². The zero-order valence-electron chi connectivity index (χ0n) is 15.2. The average molecular weight is 396 g/mol. The molecule has 1 aliphatic rings. The van der Waals surface area contributed by atoms with Crippen LogP contribution in [0.1, 0.15) is 23.6 Å². The molecule has 0 amide bonds. The van der Waals surface area contributed by atoms with E-state index in [9.17, 15) is 17.6 Å². The molecule has 0 unspecified atom stereocenters. The van der Waals surface area contributed by atoms with Crippen LogP contribution in [0.25, 0.3) is 6.08 Å². The normalized spacial score (nSPS) is 16.5. The van der Waals surface area contributed by atoms with Crippen molar-refractivity contribution in [1.29, 1.82) is 0 Å². The van der Waals surface area contributed by atoms with Crippen LogP contribution in [0, 0.1) is 23.3 Å². The molecule has 3 aromatic carbocycles. The van der Waals surface area contributed by atoms with Gasteiger partial charge in [0.1, 0.15) is 17.5 Å². The molecule has 0 aromatic heterocycles. The first-order valence-corrected chi connectivity index (χ1v) is 9.00. The van der Waals surface area contributed by atoms with Crippen LogP contribution < -0.4 is 5.01 Å². The summed E-state index contributed by atoms with van der Waals surface area (Å²) in [5, 5.41) is 5.97. The minimum absolute atomic E-state index is 0.130. The molecule has 2 nitrogen and oxygen atoms in total. The summed E-state index contributed by atoms with van der Waals surface area (Å²) < 4.78 is 54.1. The van der Waals surface area contributed by atoms with Gasteiger partial charge in [0.25, 0.3) is 0 Å². The van der Waals surface area contributed by atoms with Gasteiger partial charge in [-0.05, 0) is 53.6 Å². The molecule has 1 atom stereocenters. The quantitative estimate of drug-likeness (QED) is 0.475. The Balaban J connectivity index is 1.68. The van der Waals surface area contributed by atoms with Gasteiger partial charge in [0.05, 0.1) is 17.4 Å². The maximum atomic E-state index is 14.4. The molecule has 1 heterocycles. The molecule has 0 radical (unpaired) electrons. The largest absolute Gasteiger partial charge is 0.254 e. The van der Waals surface area contributed by atoms with Crippen LogP contribution in [-0.4, -0.2) is 5.71 Å². The summed E-state index contributed by atoms with van der Waals surface area (Å²) in [5.74, 6) is -2.10. The highest BCUT2D eigenvalue weighted by Crippen LogP contribution is 2.37. The number of allylic oxidation sites excluding steroid dienone is 1. The Morgan fingerprint density at radius 1 is 0.759 bits per heavy atom. The van der Waals surface area contributed by atoms with E-state index in [0.29, 0.717) is 12.1 Å². The third-order valence-electron chi connectivity index (χ3n) is 4.68. The number of hydrogen-bond donors (Lipinski definition) is 0. The van der Waals surface area contributed by atoms with Gasteiger partial charge in [0, 0.05) is 12.5 Å². The highest BCUT2D eigenvalue weighted by Gasteiger charge is 2.30. The molecular weight excluding hydrogens is 380 g/mol. The van der Waals surface area contributed by atoms with E-state index in [2.05, 4.69) is 5.10 Å². The minimum atomic E-state index is -0.732. The van der Waals surface area contributed by atoms with Gasteiger partial charge in [-0.3, -0.25) is 5.01 Å². The number of benzene rings is 3.